The first-order chi connectivity index (χ1) is 12.6. The van der Waals surface area contributed by atoms with E-state index in [0.29, 0.717) is 37.6 Å². The van der Waals surface area contributed by atoms with E-state index in [1.54, 1.807) is 13.8 Å². The Hall–Kier alpha value is -2.14. The monoisotopic (exact) mass is 405 g/mol. The first kappa shape index (κ1) is 19.6. The highest BCUT2D eigenvalue weighted by Gasteiger charge is 2.35. The van der Waals surface area contributed by atoms with Crippen LogP contribution >= 0.6 is 0 Å². The van der Waals surface area contributed by atoms with Gasteiger partial charge in [-0.15, -0.1) is 0 Å². The molecule has 0 bridgehead atoms. The number of anilines is 1. The van der Waals surface area contributed by atoms with Crippen LogP contribution < -0.4 is 9.88 Å². The molecule has 3 heterocycles. The number of rotatable bonds is 3. The third-order valence-corrected chi connectivity index (χ3v) is 6.63. The molecule has 2 aromatic rings. The summed E-state index contributed by atoms with van der Waals surface area (Å²) in [6, 6.07) is 2.37. The molecule has 0 aliphatic carbocycles. The van der Waals surface area contributed by atoms with Crippen LogP contribution in [0.15, 0.2) is 27.7 Å². The van der Waals surface area contributed by atoms with Gasteiger partial charge in [-0.05, 0) is 26.3 Å². The van der Waals surface area contributed by atoms with Crippen LogP contribution in [0.3, 0.4) is 0 Å². The zero-order valence-electron chi connectivity index (χ0n) is 14.9. The molecule has 1 aliphatic heterocycles. The standard InChI is InChI=1S/C16H19F3N4O3S/c1-11-15(12(2)26-21-11)27(24,25)23-7-3-6-22(8-9-23)14-5-4-13(10-20-14)16(17,18)19/h4-5,10H,3,6-9H2,1-2H3/p+1. The lowest BCUT2D eigenvalue weighted by atomic mass is 10.2. The molecule has 2 aromatic heterocycles. The fraction of sp³-hybridized carbons (Fsp3) is 0.500. The van der Waals surface area contributed by atoms with Crippen LogP contribution in [0.1, 0.15) is 23.4 Å². The van der Waals surface area contributed by atoms with Crippen molar-refractivity contribution in [3.63, 3.8) is 0 Å². The van der Waals surface area contributed by atoms with Crippen molar-refractivity contribution in [2.24, 2.45) is 0 Å². The van der Waals surface area contributed by atoms with Gasteiger partial charge in [0.25, 0.3) is 5.82 Å². The molecule has 0 aromatic carbocycles. The Morgan fingerprint density at radius 1 is 1.15 bits per heavy atom. The lowest BCUT2D eigenvalue weighted by Gasteiger charge is -2.19. The summed E-state index contributed by atoms with van der Waals surface area (Å²) >= 11 is 0. The van der Waals surface area contributed by atoms with Crippen molar-refractivity contribution in [1.82, 2.24) is 9.46 Å². The second-order valence-corrected chi connectivity index (χ2v) is 8.23. The van der Waals surface area contributed by atoms with Crippen LogP contribution in [0.4, 0.5) is 19.0 Å². The van der Waals surface area contributed by atoms with Crippen LogP contribution in [0.25, 0.3) is 0 Å². The van der Waals surface area contributed by atoms with E-state index in [4.69, 9.17) is 4.52 Å². The normalized spacial score (nSPS) is 17.1. The zero-order valence-corrected chi connectivity index (χ0v) is 15.7. The van der Waals surface area contributed by atoms with Crippen LogP contribution in [0.5, 0.6) is 0 Å². The largest absolute Gasteiger partial charge is 0.419 e. The van der Waals surface area contributed by atoms with Gasteiger partial charge in [0.05, 0.1) is 25.2 Å². The van der Waals surface area contributed by atoms with Gasteiger partial charge in [-0.2, -0.15) is 17.5 Å². The van der Waals surface area contributed by atoms with Crippen LogP contribution in [0, 0.1) is 13.8 Å². The molecule has 1 aliphatic rings. The summed E-state index contributed by atoms with van der Waals surface area (Å²) in [7, 11) is -3.74. The summed E-state index contributed by atoms with van der Waals surface area (Å²) in [5, 5.41) is 3.70. The molecular weight excluding hydrogens is 385 g/mol. The average molecular weight is 405 g/mol. The van der Waals surface area contributed by atoms with Gasteiger partial charge in [0.1, 0.15) is 16.8 Å². The van der Waals surface area contributed by atoms with E-state index in [0.717, 1.165) is 12.3 Å². The summed E-state index contributed by atoms with van der Waals surface area (Å²) in [5.41, 5.74) is -0.451. The van der Waals surface area contributed by atoms with Gasteiger partial charge in [0, 0.05) is 12.6 Å². The Morgan fingerprint density at radius 3 is 2.44 bits per heavy atom. The van der Waals surface area contributed by atoms with Crippen molar-refractivity contribution < 1.29 is 31.1 Å². The highest BCUT2D eigenvalue weighted by molar-refractivity contribution is 7.89. The first-order valence-corrected chi connectivity index (χ1v) is 9.81. The number of hydrogen-bond acceptors (Lipinski definition) is 5. The van der Waals surface area contributed by atoms with Gasteiger partial charge < -0.3 is 4.52 Å². The van der Waals surface area contributed by atoms with Crippen molar-refractivity contribution in [2.45, 2.75) is 31.3 Å². The van der Waals surface area contributed by atoms with Gasteiger partial charge >= 0.3 is 6.18 Å². The molecule has 0 amide bonds. The van der Waals surface area contributed by atoms with E-state index in [9.17, 15) is 21.6 Å². The zero-order chi connectivity index (χ0) is 19.8. The van der Waals surface area contributed by atoms with E-state index in [2.05, 4.69) is 10.1 Å². The first-order valence-electron chi connectivity index (χ1n) is 8.37. The van der Waals surface area contributed by atoms with Crippen LogP contribution in [-0.4, -0.2) is 44.1 Å². The van der Waals surface area contributed by atoms with Crippen molar-refractivity contribution in [2.75, 3.05) is 31.1 Å². The van der Waals surface area contributed by atoms with E-state index >= 15 is 0 Å². The number of aryl methyl sites for hydroxylation is 2. The van der Waals surface area contributed by atoms with E-state index in [-0.39, 0.29) is 17.2 Å². The number of sulfonamides is 1. The van der Waals surface area contributed by atoms with Gasteiger partial charge in [-0.25, -0.2) is 13.4 Å². The predicted octanol–water partition coefficient (Wildman–Crippen LogP) is 2.03. The molecule has 0 unspecified atom stereocenters. The highest BCUT2D eigenvalue weighted by atomic mass is 32.2. The quantitative estimate of drug-likeness (QED) is 0.781. The number of halogens is 3. The summed E-state index contributed by atoms with van der Waals surface area (Å²) < 4.78 is 70.2. The molecule has 148 valence electrons. The summed E-state index contributed by atoms with van der Waals surface area (Å²) in [5.74, 6) is 0.754. The van der Waals surface area contributed by atoms with E-state index in [1.807, 2.05) is 4.90 Å². The smallest absolute Gasteiger partial charge is 0.360 e. The maximum atomic E-state index is 12.9. The molecule has 1 N–H and O–H groups in total. The maximum Gasteiger partial charge on any atom is 0.419 e. The number of nitrogens with one attached hydrogen (secondary N) is 1. The fourth-order valence-corrected chi connectivity index (χ4v) is 4.90. The van der Waals surface area contributed by atoms with Crippen molar-refractivity contribution in [3.8, 4) is 0 Å². The Balaban J connectivity index is 1.76. The number of aromatic nitrogens is 2. The predicted molar refractivity (Wildman–Crippen MR) is 89.6 cm³/mol. The van der Waals surface area contributed by atoms with Gasteiger partial charge in [-0.1, -0.05) is 5.16 Å². The van der Waals surface area contributed by atoms with Gasteiger partial charge in [-0.3, -0.25) is 4.90 Å². The highest BCUT2D eigenvalue weighted by Crippen LogP contribution is 2.29. The molecule has 0 saturated carbocycles. The lowest BCUT2D eigenvalue weighted by Crippen LogP contribution is -2.37. The third kappa shape index (κ3) is 3.93. The number of nitrogens with zero attached hydrogens (tertiary/aromatic N) is 3. The molecule has 11 heteroatoms. The second-order valence-electron chi connectivity index (χ2n) is 6.36. The maximum absolute atomic E-state index is 12.9. The summed E-state index contributed by atoms with van der Waals surface area (Å²) in [6.45, 7) is 4.52. The van der Waals surface area contributed by atoms with Crippen LogP contribution in [0.2, 0.25) is 0 Å². The topological polar surface area (TPSA) is 80.8 Å². The van der Waals surface area contributed by atoms with E-state index < -0.39 is 21.8 Å². The molecular formula is C16H20F3N4O3S+. The molecule has 0 spiro atoms. The van der Waals surface area contributed by atoms with E-state index in [1.165, 1.54) is 10.4 Å². The Bertz CT molecular complexity index is 890. The Kier molecular flexibility index (Phi) is 5.17. The lowest BCUT2D eigenvalue weighted by molar-refractivity contribution is -0.367. The molecule has 0 atom stereocenters. The van der Waals surface area contributed by atoms with Crippen LogP contribution in [-0.2, 0) is 16.2 Å². The number of hydrogen-bond donors (Lipinski definition) is 0. The summed E-state index contributed by atoms with van der Waals surface area (Å²) in [6.07, 6.45) is -2.96. The molecule has 1 saturated heterocycles. The third-order valence-electron chi connectivity index (χ3n) is 4.48. The molecule has 27 heavy (non-hydrogen) atoms. The molecule has 0 radical (unpaired) electrons. The minimum absolute atomic E-state index is 0.0806. The Morgan fingerprint density at radius 2 is 1.89 bits per heavy atom. The minimum Gasteiger partial charge on any atom is -0.360 e. The van der Waals surface area contributed by atoms with Gasteiger partial charge in [0.2, 0.25) is 10.0 Å². The number of pyridine rings is 1. The Labute approximate surface area is 154 Å². The molecule has 3 rings (SSSR count). The molecule has 1 fully saturated rings. The molecule has 7 nitrogen and oxygen atoms in total. The fourth-order valence-electron chi connectivity index (χ4n) is 3.14. The number of alkyl halides is 3. The van der Waals surface area contributed by atoms with Crippen molar-refractivity contribution in [1.29, 1.82) is 0 Å². The van der Waals surface area contributed by atoms with Crippen molar-refractivity contribution >= 4 is 15.8 Å². The number of H-pyrrole nitrogens is 1. The van der Waals surface area contributed by atoms with Gasteiger partial charge in [0.15, 0.2) is 5.76 Å². The average Bonchev–Trinajstić information content (AvgIpc) is 2.81. The van der Waals surface area contributed by atoms with Crippen molar-refractivity contribution in [3.05, 3.63) is 35.3 Å². The minimum atomic E-state index is -4.41. The SMILES string of the molecule is Cc1noc(C)c1S(=O)(=O)N1CCCN(c2ccc(C(F)(F)F)c[nH+]2)CC1. The summed E-state index contributed by atoms with van der Waals surface area (Å²) in [4.78, 5) is 4.57. The number of aromatic amines is 1. The second kappa shape index (κ2) is 7.12.